The SMILES string of the molecule is CC(=O)[C@H](CC(=O)OC(C)(C)C)NC(=O)OCc1ccccc1. The van der Waals surface area contributed by atoms with E-state index in [0.717, 1.165) is 5.56 Å². The van der Waals surface area contributed by atoms with Crippen LogP contribution in [0.5, 0.6) is 0 Å². The Morgan fingerprint density at radius 3 is 2.26 bits per heavy atom. The van der Waals surface area contributed by atoms with Gasteiger partial charge < -0.3 is 14.8 Å². The molecule has 0 radical (unpaired) electrons. The zero-order valence-electron chi connectivity index (χ0n) is 13.9. The highest BCUT2D eigenvalue weighted by Gasteiger charge is 2.25. The zero-order valence-corrected chi connectivity index (χ0v) is 13.9. The van der Waals surface area contributed by atoms with Crippen molar-refractivity contribution in [3.63, 3.8) is 0 Å². The topological polar surface area (TPSA) is 81.7 Å². The number of hydrogen-bond donors (Lipinski definition) is 1. The van der Waals surface area contributed by atoms with Gasteiger partial charge in [0.15, 0.2) is 5.78 Å². The smallest absolute Gasteiger partial charge is 0.408 e. The van der Waals surface area contributed by atoms with Crippen molar-refractivity contribution in [1.82, 2.24) is 5.32 Å². The van der Waals surface area contributed by atoms with Crippen LogP contribution in [0.15, 0.2) is 30.3 Å². The molecule has 1 aromatic carbocycles. The number of amides is 1. The van der Waals surface area contributed by atoms with Crippen LogP contribution in [0.25, 0.3) is 0 Å². The second-order valence-corrected chi connectivity index (χ2v) is 6.16. The molecule has 0 aliphatic rings. The molecular formula is C17H23NO5. The highest BCUT2D eigenvalue weighted by atomic mass is 16.6. The second kappa shape index (κ2) is 8.31. The van der Waals surface area contributed by atoms with Crippen LogP contribution in [0.4, 0.5) is 4.79 Å². The molecule has 1 amide bonds. The maximum absolute atomic E-state index is 11.8. The van der Waals surface area contributed by atoms with Gasteiger partial charge in [0, 0.05) is 0 Å². The van der Waals surface area contributed by atoms with E-state index < -0.39 is 23.7 Å². The van der Waals surface area contributed by atoms with Crippen LogP contribution in [0.2, 0.25) is 0 Å². The number of ether oxygens (including phenoxy) is 2. The minimum absolute atomic E-state index is 0.0870. The molecule has 1 aromatic rings. The molecule has 0 saturated carbocycles. The molecule has 126 valence electrons. The van der Waals surface area contributed by atoms with E-state index in [9.17, 15) is 14.4 Å². The van der Waals surface area contributed by atoms with Crippen molar-refractivity contribution in [2.24, 2.45) is 0 Å². The van der Waals surface area contributed by atoms with Crippen LogP contribution >= 0.6 is 0 Å². The molecule has 6 heteroatoms. The largest absolute Gasteiger partial charge is 0.460 e. The summed E-state index contributed by atoms with van der Waals surface area (Å²) in [6.45, 7) is 6.58. The van der Waals surface area contributed by atoms with Gasteiger partial charge in [-0.2, -0.15) is 0 Å². The first-order valence-electron chi connectivity index (χ1n) is 7.37. The number of rotatable bonds is 6. The molecule has 23 heavy (non-hydrogen) atoms. The Bertz CT molecular complexity index is 548. The van der Waals surface area contributed by atoms with Crippen molar-refractivity contribution < 1.29 is 23.9 Å². The number of alkyl carbamates (subject to hydrolysis) is 1. The average molecular weight is 321 g/mol. The molecule has 0 unspecified atom stereocenters. The number of hydrogen-bond acceptors (Lipinski definition) is 5. The van der Waals surface area contributed by atoms with E-state index in [1.807, 2.05) is 30.3 Å². The molecule has 0 heterocycles. The number of esters is 1. The molecule has 0 aliphatic heterocycles. The van der Waals surface area contributed by atoms with Crippen molar-refractivity contribution >= 4 is 17.8 Å². The van der Waals surface area contributed by atoms with Gasteiger partial charge in [-0.15, -0.1) is 0 Å². The molecule has 6 nitrogen and oxygen atoms in total. The summed E-state index contributed by atoms with van der Waals surface area (Å²) in [5, 5.41) is 2.39. The van der Waals surface area contributed by atoms with E-state index in [1.165, 1.54) is 6.92 Å². The van der Waals surface area contributed by atoms with Crippen molar-refractivity contribution in [3.8, 4) is 0 Å². The van der Waals surface area contributed by atoms with Gasteiger partial charge >= 0.3 is 12.1 Å². The lowest BCUT2D eigenvalue weighted by molar-refractivity contribution is -0.156. The number of ketones is 1. The fourth-order valence-corrected chi connectivity index (χ4v) is 1.75. The Kier molecular flexibility index (Phi) is 6.75. The summed E-state index contributed by atoms with van der Waals surface area (Å²) >= 11 is 0. The molecule has 1 atom stereocenters. The van der Waals surface area contributed by atoms with Crippen LogP contribution in [0, 0.1) is 0 Å². The summed E-state index contributed by atoms with van der Waals surface area (Å²) < 4.78 is 10.2. The molecular weight excluding hydrogens is 298 g/mol. The summed E-state index contributed by atoms with van der Waals surface area (Å²) in [4.78, 5) is 35.1. The minimum atomic E-state index is -0.965. The van der Waals surface area contributed by atoms with Gasteiger partial charge in [0.25, 0.3) is 0 Å². The number of carbonyl (C=O) groups is 3. The van der Waals surface area contributed by atoms with Gasteiger partial charge in [0.1, 0.15) is 18.2 Å². The first kappa shape index (κ1) is 18.7. The number of carbonyl (C=O) groups excluding carboxylic acids is 3. The Morgan fingerprint density at radius 1 is 1.13 bits per heavy atom. The average Bonchev–Trinajstić information content (AvgIpc) is 2.43. The lowest BCUT2D eigenvalue weighted by atomic mass is 10.1. The highest BCUT2D eigenvalue weighted by molar-refractivity contribution is 5.89. The lowest BCUT2D eigenvalue weighted by Crippen LogP contribution is -2.42. The van der Waals surface area contributed by atoms with Crippen molar-refractivity contribution in [3.05, 3.63) is 35.9 Å². The summed E-state index contributed by atoms with van der Waals surface area (Å²) in [5.74, 6) is -0.895. The first-order valence-corrected chi connectivity index (χ1v) is 7.37. The van der Waals surface area contributed by atoms with Gasteiger partial charge in [-0.1, -0.05) is 30.3 Å². The van der Waals surface area contributed by atoms with Gasteiger partial charge in [-0.25, -0.2) is 4.79 Å². The summed E-state index contributed by atoms with van der Waals surface area (Å²) in [6.07, 6.45) is -0.981. The first-order chi connectivity index (χ1) is 10.7. The van der Waals surface area contributed by atoms with Crippen LogP contribution in [0.3, 0.4) is 0 Å². The predicted molar refractivity (Wildman–Crippen MR) is 84.7 cm³/mol. The Hall–Kier alpha value is -2.37. The van der Waals surface area contributed by atoms with E-state index in [2.05, 4.69) is 5.32 Å². The molecule has 0 bridgehead atoms. The quantitative estimate of drug-likeness (QED) is 0.814. The summed E-state index contributed by atoms with van der Waals surface area (Å²) in [6, 6.07) is 8.19. The van der Waals surface area contributed by atoms with Crippen molar-refractivity contribution in [2.75, 3.05) is 0 Å². The monoisotopic (exact) mass is 321 g/mol. The molecule has 1 N–H and O–H groups in total. The third-order valence-corrected chi connectivity index (χ3v) is 2.79. The fourth-order valence-electron chi connectivity index (χ4n) is 1.75. The third kappa shape index (κ3) is 7.99. The summed E-state index contributed by atoms with van der Waals surface area (Å²) in [5.41, 5.74) is 0.181. The van der Waals surface area contributed by atoms with E-state index in [4.69, 9.17) is 9.47 Å². The Morgan fingerprint density at radius 2 is 1.74 bits per heavy atom. The maximum atomic E-state index is 11.8. The van der Waals surface area contributed by atoms with E-state index in [1.54, 1.807) is 20.8 Å². The van der Waals surface area contributed by atoms with Gasteiger partial charge in [0.2, 0.25) is 0 Å². The van der Waals surface area contributed by atoms with Crippen molar-refractivity contribution in [2.45, 2.75) is 52.4 Å². The minimum Gasteiger partial charge on any atom is -0.460 e. The second-order valence-electron chi connectivity index (χ2n) is 6.16. The molecule has 0 saturated heterocycles. The molecule has 0 aromatic heterocycles. The fraction of sp³-hybridized carbons (Fsp3) is 0.471. The van der Waals surface area contributed by atoms with E-state index in [-0.39, 0.29) is 18.8 Å². The number of nitrogens with one attached hydrogen (secondary N) is 1. The van der Waals surface area contributed by atoms with Crippen LogP contribution < -0.4 is 5.32 Å². The standard InChI is InChI=1S/C17H23NO5/c1-12(19)14(10-15(20)23-17(2,3)4)18-16(21)22-11-13-8-6-5-7-9-13/h5-9,14H,10-11H2,1-4H3,(H,18,21)/t14-/m0/s1. The highest BCUT2D eigenvalue weighted by Crippen LogP contribution is 2.10. The Labute approximate surface area is 136 Å². The molecule has 0 spiro atoms. The van der Waals surface area contributed by atoms with Gasteiger partial charge in [0.05, 0.1) is 6.42 Å². The van der Waals surface area contributed by atoms with Crippen LogP contribution in [-0.2, 0) is 25.7 Å². The van der Waals surface area contributed by atoms with Gasteiger partial charge in [-0.3, -0.25) is 9.59 Å². The molecule has 0 aliphatic carbocycles. The predicted octanol–water partition coefficient (Wildman–Crippen LogP) is 2.60. The normalized spacial score (nSPS) is 12.2. The number of Topliss-reactive ketones (excluding diaryl/α,β-unsaturated/α-hetero) is 1. The van der Waals surface area contributed by atoms with E-state index in [0.29, 0.717) is 0 Å². The molecule has 1 rings (SSSR count). The number of benzene rings is 1. The summed E-state index contributed by atoms with van der Waals surface area (Å²) in [7, 11) is 0. The lowest BCUT2D eigenvalue weighted by Gasteiger charge is -2.21. The zero-order chi connectivity index (χ0) is 17.5. The van der Waals surface area contributed by atoms with Gasteiger partial charge in [-0.05, 0) is 33.3 Å². The maximum Gasteiger partial charge on any atom is 0.408 e. The van der Waals surface area contributed by atoms with Crippen molar-refractivity contribution in [1.29, 1.82) is 0 Å². The Balaban J connectivity index is 2.50. The molecule has 0 fully saturated rings. The third-order valence-electron chi connectivity index (χ3n) is 2.79. The van der Waals surface area contributed by atoms with Crippen LogP contribution in [-0.4, -0.2) is 29.5 Å². The van der Waals surface area contributed by atoms with E-state index >= 15 is 0 Å². The van der Waals surface area contributed by atoms with Crippen LogP contribution in [0.1, 0.15) is 39.7 Å².